The molecule has 1 aliphatic rings. The number of piperidine rings is 1. The van der Waals surface area contributed by atoms with E-state index in [-0.39, 0.29) is 18.6 Å². The Labute approximate surface area is 196 Å². The Morgan fingerprint density at radius 1 is 1.15 bits per heavy atom. The van der Waals surface area contributed by atoms with Gasteiger partial charge in [-0.25, -0.2) is 9.97 Å². The van der Waals surface area contributed by atoms with Gasteiger partial charge in [0.05, 0.1) is 5.52 Å². The van der Waals surface area contributed by atoms with Crippen LogP contribution in [0.5, 0.6) is 0 Å². The van der Waals surface area contributed by atoms with Gasteiger partial charge >= 0.3 is 0 Å². The molecular formula is C27H34N4O2. The highest BCUT2D eigenvalue weighted by atomic mass is 16.5. The highest BCUT2D eigenvalue weighted by Gasteiger charge is 2.25. The van der Waals surface area contributed by atoms with Gasteiger partial charge in [-0.2, -0.15) is 0 Å². The van der Waals surface area contributed by atoms with Crippen molar-refractivity contribution in [1.29, 1.82) is 0 Å². The number of carbonyl (C=O) groups excluding carboxylic acids is 1. The van der Waals surface area contributed by atoms with Gasteiger partial charge in [0.1, 0.15) is 18.2 Å². The average Bonchev–Trinajstić information content (AvgIpc) is 2.79. The maximum Gasteiger partial charge on any atom is 0.248 e. The highest BCUT2D eigenvalue weighted by Crippen LogP contribution is 2.35. The van der Waals surface area contributed by atoms with Gasteiger partial charge in [0.25, 0.3) is 0 Å². The molecule has 0 spiro atoms. The summed E-state index contributed by atoms with van der Waals surface area (Å²) >= 11 is 0. The molecule has 1 atom stereocenters. The Morgan fingerprint density at radius 3 is 2.61 bits per heavy atom. The number of amides is 1. The molecule has 1 N–H and O–H groups in total. The first-order chi connectivity index (χ1) is 15.9. The number of hydrogen-bond donors (Lipinski definition) is 1. The minimum atomic E-state index is 0.0756. The molecule has 33 heavy (non-hydrogen) atoms. The second kappa shape index (κ2) is 9.87. The van der Waals surface area contributed by atoms with Crippen LogP contribution in [0.25, 0.3) is 10.9 Å². The van der Waals surface area contributed by atoms with Crippen LogP contribution in [-0.2, 0) is 9.53 Å². The number of anilines is 1. The van der Waals surface area contributed by atoms with Crippen LogP contribution in [0.2, 0.25) is 0 Å². The number of fused-ring (bicyclic) bond motifs is 1. The molecule has 174 valence electrons. The maximum atomic E-state index is 12.2. The quantitative estimate of drug-likeness (QED) is 0.572. The van der Waals surface area contributed by atoms with Gasteiger partial charge in [0.2, 0.25) is 5.91 Å². The molecular weight excluding hydrogens is 412 g/mol. The van der Waals surface area contributed by atoms with E-state index in [9.17, 15) is 4.79 Å². The van der Waals surface area contributed by atoms with Crippen LogP contribution >= 0.6 is 0 Å². The molecule has 6 nitrogen and oxygen atoms in total. The monoisotopic (exact) mass is 446 g/mol. The SMILES string of the molecule is COCC(=O)N1CCC(c2cc3c(N[C@H](C)c4cccc(C)c4)nc(C)nc3cc2C)CC1. The molecule has 0 radical (unpaired) electrons. The van der Waals surface area contributed by atoms with E-state index in [4.69, 9.17) is 14.7 Å². The van der Waals surface area contributed by atoms with Gasteiger partial charge in [-0.3, -0.25) is 4.79 Å². The van der Waals surface area contributed by atoms with Gasteiger partial charge in [0.15, 0.2) is 0 Å². The number of benzene rings is 2. The second-order valence-electron chi connectivity index (χ2n) is 9.21. The molecule has 1 aliphatic heterocycles. The van der Waals surface area contributed by atoms with E-state index >= 15 is 0 Å². The molecule has 3 aromatic rings. The fourth-order valence-electron chi connectivity index (χ4n) is 4.85. The van der Waals surface area contributed by atoms with Crippen LogP contribution in [0.4, 0.5) is 5.82 Å². The number of aromatic nitrogens is 2. The minimum absolute atomic E-state index is 0.0756. The van der Waals surface area contributed by atoms with E-state index in [1.54, 1.807) is 7.11 Å². The molecule has 4 rings (SSSR count). The fraction of sp³-hybridized carbons (Fsp3) is 0.444. The predicted octanol–water partition coefficient (Wildman–Crippen LogP) is 5.08. The van der Waals surface area contributed by atoms with Crippen LogP contribution in [0.3, 0.4) is 0 Å². The minimum Gasteiger partial charge on any atom is -0.375 e. The number of aryl methyl sites for hydroxylation is 3. The molecule has 1 fully saturated rings. The van der Waals surface area contributed by atoms with Crippen molar-refractivity contribution >= 4 is 22.6 Å². The molecule has 1 aromatic heterocycles. The van der Waals surface area contributed by atoms with Gasteiger partial charge in [-0.1, -0.05) is 29.8 Å². The number of rotatable bonds is 6. The van der Waals surface area contributed by atoms with Gasteiger partial charge in [-0.05, 0) is 75.3 Å². The zero-order valence-corrected chi connectivity index (χ0v) is 20.3. The lowest BCUT2D eigenvalue weighted by Crippen LogP contribution is -2.39. The van der Waals surface area contributed by atoms with Crippen LogP contribution in [0.1, 0.15) is 59.8 Å². The number of hydrogen-bond acceptors (Lipinski definition) is 5. The maximum absolute atomic E-state index is 12.2. The molecule has 2 heterocycles. The van der Waals surface area contributed by atoms with E-state index in [1.165, 1.54) is 22.3 Å². The van der Waals surface area contributed by atoms with Gasteiger partial charge in [0, 0.05) is 31.6 Å². The zero-order chi connectivity index (χ0) is 23.5. The third-order valence-electron chi connectivity index (χ3n) is 6.65. The topological polar surface area (TPSA) is 67.3 Å². The number of carbonyl (C=O) groups is 1. The normalized spacial score (nSPS) is 15.6. The highest BCUT2D eigenvalue weighted by molar-refractivity contribution is 5.90. The standard InChI is InChI=1S/C27H34N4O2/c1-17-7-6-8-22(13-17)19(3)28-27-24-15-23(18(2)14-25(24)29-20(4)30-27)21-9-11-31(12-10-21)26(32)16-33-5/h6-8,13-15,19,21H,9-12,16H2,1-5H3,(H,28,29,30)/t19-/m1/s1. The first kappa shape index (κ1) is 23.2. The van der Waals surface area contributed by atoms with Crippen molar-refractivity contribution in [1.82, 2.24) is 14.9 Å². The third kappa shape index (κ3) is 5.17. The van der Waals surface area contributed by atoms with Gasteiger partial charge in [-0.15, -0.1) is 0 Å². The van der Waals surface area contributed by atoms with E-state index < -0.39 is 0 Å². The Morgan fingerprint density at radius 2 is 1.91 bits per heavy atom. The van der Waals surface area contributed by atoms with Crippen LogP contribution < -0.4 is 5.32 Å². The average molecular weight is 447 g/mol. The van der Waals surface area contributed by atoms with E-state index in [2.05, 4.69) is 62.5 Å². The number of nitrogens with zero attached hydrogens (tertiary/aromatic N) is 3. The van der Waals surface area contributed by atoms with E-state index in [1.807, 2.05) is 11.8 Å². The van der Waals surface area contributed by atoms with Crippen molar-refractivity contribution in [2.75, 3.05) is 32.1 Å². The summed E-state index contributed by atoms with van der Waals surface area (Å²) in [5, 5.41) is 4.69. The summed E-state index contributed by atoms with van der Waals surface area (Å²) < 4.78 is 5.02. The Bertz CT molecular complexity index is 1150. The smallest absolute Gasteiger partial charge is 0.248 e. The van der Waals surface area contributed by atoms with Crippen molar-refractivity contribution in [2.24, 2.45) is 0 Å². The molecule has 0 bridgehead atoms. The lowest BCUT2D eigenvalue weighted by atomic mass is 9.86. The zero-order valence-electron chi connectivity index (χ0n) is 20.3. The fourth-order valence-corrected chi connectivity index (χ4v) is 4.85. The lowest BCUT2D eigenvalue weighted by molar-refractivity contribution is -0.136. The third-order valence-corrected chi connectivity index (χ3v) is 6.65. The summed E-state index contributed by atoms with van der Waals surface area (Å²) in [5.74, 6) is 2.13. The second-order valence-corrected chi connectivity index (χ2v) is 9.21. The van der Waals surface area contributed by atoms with E-state index in [0.29, 0.717) is 5.92 Å². The molecule has 1 amide bonds. The Hall–Kier alpha value is -2.99. The van der Waals surface area contributed by atoms with Crippen LogP contribution in [-0.4, -0.2) is 47.6 Å². The van der Waals surface area contributed by atoms with Crippen molar-refractivity contribution < 1.29 is 9.53 Å². The molecule has 0 unspecified atom stereocenters. The van der Waals surface area contributed by atoms with Crippen molar-refractivity contribution in [2.45, 2.75) is 52.5 Å². The number of nitrogens with one attached hydrogen (secondary N) is 1. The molecule has 6 heteroatoms. The molecule has 2 aromatic carbocycles. The predicted molar refractivity (Wildman–Crippen MR) is 133 cm³/mol. The largest absolute Gasteiger partial charge is 0.375 e. The molecule has 0 saturated carbocycles. The number of ether oxygens (including phenoxy) is 1. The summed E-state index contributed by atoms with van der Waals surface area (Å²) in [6.45, 7) is 10.1. The Kier molecular flexibility index (Phi) is 6.94. The first-order valence-electron chi connectivity index (χ1n) is 11.7. The summed E-state index contributed by atoms with van der Waals surface area (Å²) in [7, 11) is 1.57. The van der Waals surface area contributed by atoms with Gasteiger partial charge < -0.3 is 15.0 Å². The number of methoxy groups -OCH3 is 1. The van der Waals surface area contributed by atoms with Crippen molar-refractivity contribution in [3.05, 3.63) is 64.5 Å². The van der Waals surface area contributed by atoms with Crippen molar-refractivity contribution in [3.63, 3.8) is 0 Å². The lowest BCUT2D eigenvalue weighted by Gasteiger charge is -2.33. The first-order valence-corrected chi connectivity index (χ1v) is 11.7. The molecule has 1 saturated heterocycles. The van der Waals surface area contributed by atoms with E-state index in [0.717, 1.165) is 48.5 Å². The Balaban J connectivity index is 1.62. The summed E-state index contributed by atoms with van der Waals surface area (Å²) in [6.07, 6.45) is 1.91. The van der Waals surface area contributed by atoms with Crippen LogP contribution in [0.15, 0.2) is 36.4 Å². The molecule has 0 aliphatic carbocycles. The summed E-state index contributed by atoms with van der Waals surface area (Å²) in [6, 6.07) is 13.2. The summed E-state index contributed by atoms with van der Waals surface area (Å²) in [4.78, 5) is 23.6. The summed E-state index contributed by atoms with van der Waals surface area (Å²) in [5.41, 5.74) is 6.04. The van der Waals surface area contributed by atoms with Crippen molar-refractivity contribution in [3.8, 4) is 0 Å². The number of likely N-dealkylation sites (tertiary alicyclic amines) is 1. The van der Waals surface area contributed by atoms with Crippen LogP contribution in [0, 0.1) is 20.8 Å².